The minimum Gasteiger partial charge on any atom is -0.467 e. The van der Waals surface area contributed by atoms with Gasteiger partial charge in [0.15, 0.2) is 0 Å². The van der Waals surface area contributed by atoms with Crippen molar-refractivity contribution < 1.29 is 24.2 Å². The molecule has 3 atom stereocenters. The molecule has 0 bridgehead atoms. The second kappa shape index (κ2) is 6.58. The van der Waals surface area contributed by atoms with Crippen molar-refractivity contribution in [2.24, 2.45) is 0 Å². The first-order valence-electron chi connectivity index (χ1n) is 7.56. The van der Waals surface area contributed by atoms with Crippen LogP contribution in [-0.4, -0.2) is 47.0 Å². The smallest absolute Gasteiger partial charge is 0.413 e. The monoisotopic (exact) mass is 321 g/mol. The van der Waals surface area contributed by atoms with Gasteiger partial charge in [-0.3, -0.25) is 4.90 Å². The second-order valence-electron chi connectivity index (χ2n) is 6.59. The molecule has 1 unspecified atom stereocenters. The van der Waals surface area contributed by atoms with Gasteiger partial charge < -0.3 is 14.6 Å². The van der Waals surface area contributed by atoms with Crippen LogP contribution in [-0.2, 0) is 14.3 Å². The molecule has 6 heteroatoms. The van der Waals surface area contributed by atoms with Gasteiger partial charge in [0.1, 0.15) is 17.9 Å². The predicted octanol–water partition coefficient (Wildman–Crippen LogP) is 2.27. The summed E-state index contributed by atoms with van der Waals surface area (Å²) < 4.78 is 10.2. The normalized spacial score (nSPS) is 24.4. The third-order valence-electron chi connectivity index (χ3n) is 3.74. The SMILES string of the molecule is COC(=O)[C@@H]1[C@H](c2ccccc2)CC(O)N1C(=O)OC(C)(C)C. The molecule has 0 spiro atoms. The molecule has 1 aromatic carbocycles. The van der Waals surface area contributed by atoms with Crippen LogP contribution in [0.5, 0.6) is 0 Å². The van der Waals surface area contributed by atoms with E-state index in [9.17, 15) is 14.7 Å². The number of aliphatic hydroxyl groups is 1. The van der Waals surface area contributed by atoms with Gasteiger partial charge in [0.2, 0.25) is 0 Å². The lowest BCUT2D eigenvalue weighted by Crippen LogP contribution is -2.48. The quantitative estimate of drug-likeness (QED) is 0.846. The van der Waals surface area contributed by atoms with Crippen molar-refractivity contribution >= 4 is 12.1 Å². The van der Waals surface area contributed by atoms with Crippen molar-refractivity contribution in [2.45, 2.75) is 51.0 Å². The molecule has 23 heavy (non-hydrogen) atoms. The maximum absolute atomic E-state index is 12.4. The second-order valence-corrected chi connectivity index (χ2v) is 6.59. The molecule has 6 nitrogen and oxygen atoms in total. The van der Waals surface area contributed by atoms with Gasteiger partial charge in [-0.1, -0.05) is 30.3 Å². The van der Waals surface area contributed by atoms with Crippen LogP contribution in [0, 0.1) is 0 Å². The van der Waals surface area contributed by atoms with Gasteiger partial charge in [-0.25, -0.2) is 9.59 Å². The number of aliphatic hydroxyl groups excluding tert-OH is 1. The standard InChI is InChI=1S/C17H23NO5/c1-17(2,3)23-16(21)18-13(19)10-12(14(18)15(20)22-4)11-8-6-5-7-9-11/h5-9,12-14,19H,10H2,1-4H3/t12-,13?,14-/m0/s1. The first-order chi connectivity index (χ1) is 10.7. The van der Waals surface area contributed by atoms with Crippen molar-refractivity contribution in [1.82, 2.24) is 4.90 Å². The van der Waals surface area contributed by atoms with Crippen LogP contribution in [0.1, 0.15) is 38.7 Å². The summed E-state index contributed by atoms with van der Waals surface area (Å²) in [6.07, 6.45) is -1.57. The molecule has 0 aliphatic carbocycles. The number of hydrogen-bond acceptors (Lipinski definition) is 5. The van der Waals surface area contributed by atoms with Gasteiger partial charge >= 0.3 is 12.1 Å². The molecular weight excluding hydrogens is 298 g/mol. The van der Waals surface area contributed by atoms with Gasteiger partial charge in [0, 0.05) is 12.3 Å². The number of likely N-dealkylation sites (tertiary alicyclic amines) is 1. The first kappa shape index (κ1) is 17.3. The Hall–Kier alpha value is -2.08. The predicted molar refractivity (Wildman–Crippen MR) is 83.7 cm³/mol. The molecule has 1 fully saturated rings. The number of rotatable bonds is 2. The van der Waals surface area contributed by atoms with Crippen molar-refractivity contribution in [1.29, 1.82) is 0 Å². The van der Waals surface area contributed by atoms with E-state index >= 15 is 0 Å². The minimum absolute atomic E-state index is 0.253. The molecule has 1 amide bonds. The Morgan fingerprint density at radius 3 is 2.35 bits per heavy atom. The van der Waals surface area contributed by atoms with Gasteiger partial charge in [0.25, 0.3) is 0 Å². The van der Waals surface area contributed by atoms with Crippen molar-refractivity contribution in [3.63, 3.8) is 0 Å². The molecule has 1 saturated heterocycles. The number of methoxy groups -OCH3 is 1. The molecular formula is C17H23NO5. The molecule has 1 aliphatic rings. The number of hydrogen-bond donors (Lipinski definition) is 1. The summed E-state index contributed by atoms with van der Waals surface area (Å²) in [7, 11) is 1.27. The average molecular weight is 321 g/mol. The number of carbonyl (C=O) groups is 2. The van der Waals surface area contributed by atoms with E-state index in [-0.39, 0.29) is 12.3 Å². The van der Waals surface area contributed by atoms with Crippen LogP contribution in [0.4, 0.5) is 4.79 Å². The summed E-state index contributed by atoms with van der Waals surface area (Å²) in [6.45, 7) is 5.19. The van der Waals surface area contributed by atoms with E-state index in [0.717, 1.165) is 10.5 Å². The first-order valence-corrected chi connectivity index (χ1v) is 7.56. The molecule has 1 aromatic rings. The number of esters is 1. The Balaban J connectivity index is 2.34. The fourth-order valence-electron chi connectivity index (χ4n) is 2.82. The zero-order chi connectivity index (χ0) is 17.2. The highest BCUT2D eigenvalue weighted by molar-refractivity contribution is 5.83. The summed E-state index contributed by atoms with van der Waals surface area (Å²) in [5, 5.41) is 10.3. The summed E-state index contributed by atoms with van der Waals surface area (Å²) in [4.78, 5) is 25.7. The van der Waals surface area contributed by atoms with E-state index in [1.54, 1.807) is 20.8 Å². The van der Waals surface area contributed by atoms with Crippen LogP contribution < -0.4 is 0 Å². The number of amides is 1. The Bertz CT molecular complexity index is 566. The van der Waals surface area contributed by atoms with E-state index in [1.807, 2.05) is 30.3 Å². The Morgan fingerprint density at radius 1 is 1.22 bits per heavy atom. The average Bonchev–Trinajstić information content (AvgIpc) is 2.83. The Morgan fingerprint density at radius 2 is 1.83 bits per heavy atom. The molecule has 126 valence electrons. The molecule has 0 radical (unpaired) electrons. The van der Waals surface area contributed by atoms with E-state index in [4.69, 9.17) is 9.47 Å². The van der Waals surface area contributed by atoms with Crippen LogP contribution >= 0.6 is 0 Å². The molecule has 1 N–H and O–H groups in total. The van der Waals surface area contributed by atoms with Crippen LogP contribution in [0.25, 0.3) is 0 Å². The lowest BCUT2D eigenvalue weighted by Gasteiger charge is -2.30. The molecule has 2 rings (SSSR count). The third-order valence-corrected chi connectivity index (χ3v) is 3.74. The van der Waals surface area contributed by atoms with Gasteiger partial charge in [-0.2, -0.15) is 0 Å². The molecule has 0 aromatic heterocycles. The number of benzene rings is 1. The van der Waals surface area contributed by atoms with E-state index in [2.05, 4.69) is 0 Å². The summed E-state index contributed by atoms with van der Waals surface area (Å²) in [5.74, 6) is -0.910. The maximum Gasteiger partial charge on any atom is 0.413 e. The summed E-state index contributed by atoms with van der Waals surface area (Å²) in [5.41, 5.74) is 0.149. The fraction of sp³-hybridized carbons (Fsp3) is 0.529. The minimum atomic E-state index is -1.10. The zero-order valence-electron chi connectivity index (χ0n) is 13.9. The van der Waals surface area contributed by atoms with E-state index in [1.165, 1.54) is 7.11 Å². The van der Waals surface area contributed by atoms with Crippen LogP contribution in [0.15, 0.2) is 30.3 Å². The van der Waals surface area contributed by atoms with Crippen LogP contribution in [0.2, 0.25) is 0 Å². The number of ether oxygens (including phenoxy) is 2. The highest BCUT2D eigenvalue weighted by Crippen LogP contribution is 2.38. The van der Waals surface area contributed by atoms with E-state index < -0.39 is 29.9 Å². The highest BCUT2D eigenvalue weighted by atomic mass is 16.6. The molecule has 1 aliphatic heterocycles. The third kappa shape index (κ3) is 3.82. The Kier molecular flexibility index (Phi) is 4.94. The van der Waals surface area contributed by atoms with Gasteiger partial charge in [-0.15, -0.1) is 0 Å². The van der Waals surface area contributed by atoms with Crippen molar-refractivity contribution in [3.05, 3.63) is 35.9 Å². The molecule has 1 heterocycles. The lowest BCUT2D eigenvalue weighted by molar-refractivity contribution is -0.148. The topological polar surface area (TPSA) is 76.1 Å². The van der Waals surface area contributed by atoms with E-state index in [0.29, 0.717) is 0 Å². The van der Waals surface area contributed by atoms with Crippen LogP contribution in [0.3, 0.4) is 0 Å². The Labute approximate surface area is 136 Å². The summed E-state index contributed by atoms with van der Waals surface area (Å²) in [6, 6.07) is 8.40. The van der Waals surface area contributed by atoms with Gasteiger partial charge in [0.05, 0.1) is 7.11 Å². The van der Waals surface area contributed by atoms with Gasteiger partial charge in [-0.05, 0) is 26.3 Å². The highest BCUT2D eigenvalue weighted by Gasteiger charge is 2.49. The van der Waals surface area contributed by atoms with Crippen molar-refractivity contribution in [2.75, 3.05) is 7.11 Å². The maximum atomic E-state index is 12.4. The van der Waals surface area contributed by atoms with Crippen molar-refractivity contribution in [3.8, 4) is 0 Å². The zero-order valence-corrected chi connectivity index (χ0v) is 13.9. The molecule has 0 saturated carbocycles. The summed E-state index contributed by atoms with van der Waals surface area (Å²) >= 11 is 0. The number of carbonyl (C=O) groups excluding carboxylic acids is 2. The number of nitrogens with zero attached hydrogens (tertiary/aromatic N) is 1. The largest absolute Gasteiger partial charge is 0.467 e. The lowest BCUT2D eigenvalue weighted by atomic mass is 9.91. The fourth-order valence-corrected chi connectivity index (χ4v) is 2.82.